The molecule has 0 fully saturated rings. The molecule has 9 rings (SSSR count). The fourth-order valence-corrected chi connectivity index (χ4v) is 7.61. The number of hydrogen-bond donors (Lipinski definition) is 0. The smallest absolute Gasteiger partial charge is 0.132 e. The fourth-order valence-electron chi connectivity index (χ4n) is 7.61. The summed E-state index contributed by atoms with van der Waals surface area (Å²) in [7, 11) is 0. The molecule has 0 saturated heterocycles. The normalized spacial score (nSPS) is 13.6. The van der Waals surface area contributed by atoms with E-state index in [2.05, 4.69) is 158 Å². The second-order valence-corrected chi connectivity index (χ2v) is 11.2. The van der Waals surface area contributed by atoms with Crippen LogP contribution in [-0.4, -0.2) is 0 Å². The Bertz CT molecular complexity index is 2110. The monoisotopic (exact) mass is 534 g/mol. The zero-order valence-corrected chi connectivity index (χ0v) is 22.9. The van der Waals surface area contributed by atoms with Gasteiger partial charge in [-0.05, 0) is 67.4 Å². The summed E-state index contributed by atoms with van der Waals surface area (Å²) in [4.78, 5) is 0. The maximum atomic E-state index is 6.64. The van der Waals surface area contributed by atoms with Gasteiger partial charge in [0.15, 0.2) is 0 Å². The predicted octanol–water partition coefficient (Wildman–Crippen LogP) is 10.6. The van der Waals surface area contributed by atoms with E-state index in [9.17, 15) is 0 Å². The Morgan fingerprint density at radius 1 is 0.357 bits per heavy atom. The lowest BCUT2D eigenvalue weighted by atomic mass is 9.64. The van der Waals surface area contributed by atoms with Crippen molar-refractivity contribution in [2.75, 3.05) is 0 Å². The average Bonchev–Trinajstić information content (AvgIpc) is 3.35. The molecule has 1 aliphatic heterocycles. The summed E-state index contributed by atoms with van der Waals surface area (Å²) in [6.07, 6.45) is 0. The minimum Gasteiger partial charge on any atom is -0.457 e. The van der Waals surface area contributed by atoms with Gasteiger partial charge >= 0.3 is 0 Å². The number of fused-ring (bicyclic) bond motifs is 10. The zero-order chi connectivity index (χ0) is 27.7. The van der Waals surface area contributed by atoms with Gasteiger partial charge in [0.1, 0.15) is 11.5 Å². The fraction of sp³-hybridized carbons (Fsp3) is 0.0244. The third-order valence-electron chi connectivity index (χ3n) is 9.12. The van der Waals surface area contributed by atoms with Gasteiger partial charge in [-0.25, -0.2) is 0 Å². The van der Waals surface area contributed by atoms with Crippen molar-refractivity contribution in [2.45, 2.75) is 5.41 Å². The number of para-hydroxylation sites is 2. The van der Waals surface area contributed by atoms with Crippen LogP contribution in [0.3, 0.4) is 0 Å². The van der Waals surface area contributed by atoms with Crippen molar-refractivity contribution in [3.8, 4) is 44.9 Å². The first-order valence-corrected chi connectivity index (χ1v) is 14.5. The number of hydrogen-bond acceptors (Lipinski definition) is 1. The van der Waals surface area contributed by atoms with Crippen LogP contribution in [0.4, 0.5) is 0 Å². The molecule has 1 heteroatoms. The second-order valence-electron chi connectivity index (χ2n) is 11.2. The van der Waals surface area contributed by atoms with Crippen molar-refractivity contribution in [1.29, 1.82) is 0 Å². The largest absolute Gasteiger partial charge is 0.457 e. The van der Waals surface area contributed by atoms with E-state index in [1.165, 1.54) is 66.4 Å². The van der Waals surface area contributed by atoms with E-state index in [1.54, 1.807) is 0 Å². The standard InChI is InChI=1S/C41H26O/c1-3-15-27(16-4-1)37-29-19-7-8-20-30(29)38(28-17-5-2-6-18-28)40-39(37)31-21-9-10-22-32(31)41(40)33-23-11-13-25-35(33)42-36-26-14-12-24-34(36)41/h1-26H. The molecule has 0 aromatic heterocycles. The molecule has 1 nitrogen and oxygen atoms in total. The lowest BCUT2D eigenvalue weighted by Gasteiger charge is -2.40. The highest BCUT2D eigenvalue weighted by Gasteiger charge is 2.53. The van der Waals surface area contributed by atoms with Crippen molar-refractivity contribution in [3.63, 3.8) is 0 Å². The lowest BCUT2D eigenvalue weighted by Crippen LogP contribution is -2.32. The summed E-state index contributed by atoms with van der Waals surface area (Å²) < 4.78 is 6.64. The van der Waals surface area contributed by atoms with Crippen LogP contribution in [0.2, 0.25) is 0 Å². The number of benzene rings is 7. The van der Waals surface area contributed by atoms with Gasteiger partial charge in [0.05, 0.1) is 5.41 Å². The molecule has 2 aliphatic rings. The maximum Gasteiger partial charge on any atom is 0.132 e. The Labute approximate surface area is 245 Å². The Kier molecular flexibility index (Phi) is 4.88. The topological polar surface area (TPSA) is 9.23 Å². The summed E-state index contributed by atoms with van der Waals surface area (Å²) in [5.41, 5.74) is 12.0. The van der Waals surface area contributed by atoms with Crippen LogP contribution >= 0.6 is 0 Å². The van der Waals surface area contributed by atoms with E-state index >= 15 is 0 Å². The van der Waals surface area contributed by atoms with E-state index in [0.717, 1.165) is 11.5 Å². The number of ether oxygens (including phenoxy) is 1. The van der Waals surface area contributed by atoms with Gasteiger partial charge in [0.25, 0.3) is 0 Å². The van der Waals surface area contributed by atoms with Crippen LogP contribution in [0.1, 0.15) is 22.3 Å². The molecule has 7 aromatic rings. The Hall–Kier alpha value is -5.40. The molecule has 1 spiro atoms. The van der Waals surface area contributed by atoms with Gasteiger partial charge < -0.3 is 4.74 Å². The molecular formula is C41H26O. The Balaban J connectivity index is 1.61. The van der Waals surface area contributed by atoms with Gasteiger partial charge in [-0.2, -0.15) is 0 Å². The van der Waals surface area contributed by atoms with Crippen LogP contribution in [-0.2, 0) is 5.41 Å². The van der Waals surface area contributed by atoms with Crippen molar-refractivity contribution < 1.29 is 4.74 Å². The molecule has 196 valence electrons. The van der Waals surface area contributed by atoms with Crippen LogP contribution in [0.15, 0.2) is 158 Å². The van der Waals surface area contributed by atoms with Crippen LogP contribution in [0.25, 0.3) is 44.2 Å². The van der Waals surface area contributed by atoms with Gasteiger partial charge in [-0.15, -0.1) is 0 Å². The molecule has 0 amide bonds. The highest BCUT2D eigenvalue weighted by atomic mass is 16.5. The summed E-state index contributed by atoms with van der Waals surface area (Å²) >= 11 is 0. The Morgan fingerprint density at radius 3 is 1.43 bits per heavy atom. The van der Waals surface area contributed by atoms with Crippen molar-refractivity contribution >= 4 is 10.8 Å². The van der Waals surface area contributed by atoms with Gasteiger partial charge in [-0.3, -0.25) is 0 Å². The van der Waals surface area contributed by atoms with Crippen molar-refractivity contribution in [3.05, 3.63) is 180 Å². The van der Waals surface area contributed by atoms with Crippen LogP contribution in [0.5, 0.6) is 11.5 Å². The van der Waals surface area contributed by atoms with Gasteiger partial charge in [0.2, 0.25) is 0 Å². The molecule has 0 unspecified atom stereocenters. The maximum absolute atomic E-state index is 6.64. The van der Waals surface area contributed by atoms with E-state index < -0.39 is 5.41 Å². The molecule has 0 bridgehead atoms. The minimum absolute atomic E-state index is 0.559. The summed E-state index contributed by atoms with van der Waals surface area (Å²) in [6.45, 7) is 0. The van der Waals surface area contributed by atoms with E-state index in [0.29, 0.717) is 0 Å². The van der Waals surface area contributed by atoms with Gasteiger partial charge in [0, 0.05) is 11.1 Å². The second kappa shape index (κ2) is 8.80. The molecule has 0 N–H and O–H groups in total. The third-order valence-corrected chi connectivity index (χ3v) is 9.12. The molecule has 1 heterocycles. The van der Waals surface area contributed by atoms with Crippen LogP contribution < -0.4 is 4.74 Å². The first kappa shape index (κ1) is 23.3. The molecule has 42 heavy (non-hydrogen) atoms. The lowest BCUT2D eigenvalue weighted by molar-refractivity contribution is 0.436. The summed E-state index contributed by atoms with van der Waals surface area (Å²) in [5.74, 6) is 1.82. The predicted molar refractivity (Wildman–Crippen MR) is 172 cm³/mol. The minimum atomic E-state index is -0.559. The molecule has 0 atom stereocenters. The quantitative estimate of drug-likeness (QED) is 0.214. The molecule has 7 aromatic carbocycles. The highest BCUT2D eigenvalue weighted by Crippen LogP contribution is 2.66. The SMILES string of the molecule is c1ccc(-c2c3c(c(-c4ccccc4)c4ccccc24)C2(c4ccccc4Oc4ccccc42)c2ccccc2-3)cc1. The van der Waals surface area contributed by atoms with E-state index in [1.807, 2.05) is 0 Å². The summed E-state index contributed by atoms with van der Waals surface area (Å²) in [5, 5.41) is 2.52. The molecule has 1 aliphatic carbocycles. The van der Waals surface area contributed by atoms with Crippen molar-refractivity contribution in [2.24, 2.45) is 0 Å². The molecule has 0 saturated carbocycles. The first-order valence-electron chi connectivity index (χ1n) is 14.5. The molecule has 0 radical (unpaired) electrons. The Morgan fingerprint density at radius 2 is 0.810 bits per heavy atom. The number of rotatable bonds is 2. The van der Waals surface area contributed by atoms with Gasteiger partial charge in [-0.1, -0.05) is 146 Å². The van der Waals surface area contributed by atoms with Crippen molar-refractivity contribution in [1.82, 2.24) is 0 Å². The summed E-state index contributed by atoms with van der Waals surface area (Å²) in [6, 6.07) is 57.1. The van der Waals surface area contributed by atoms with E-state index in [4.69, 9.17) is 4.74 Å². The highest BCUT2D eigenvalue weighted by molar-refractivity contribution is 6.16. The van der Waals surface area contributed by atoms with E-state index in [-0.39, 0.29) is 0 Å². The zero-order valence-electron chi connectivity index (χ0n) is 22.9. The molecular weight excluding hydrogens is 508 g/mol. The first-order chi connectivity index (χ1) is 20.9. The third kappa shape index (κ3) is 2.97. The average molecular weight is 535 g/mol. The van der Waals surface area contributed by atoms with Crippen LogP contribution in [0, 0.1) is 0 Å².